The fourth-order valence-electron chi connectivity index (χ4n) is 2.15. The molecule has 5 heteroatoms. The molecule has 0 radical (unpaired) electrons. The highest BCUT2D eigenvalue weighted by Gasteiger charge is 2.05. The second-order valence-corrected chi connectivity index (χ2v) is 5.54. The summed E-state index contributed by atoms with van der Waals surface area (Å²) in [6.45, 7) is 5.81. The summed E-state index contributed by atoms with van der Waals surface area (Å²) < 4.78 is 0. The van der Waals surface area contributed by atoms with Gasteiger partial charge in [0.2, 0.25) is 5.91 Å². The van der Waals surface area contributed by atoms with E-state index in [1.807, 2.05) is 26.0 Å². The van der Waals surface area contributed by atoms with Gasteiger partial charge in [-0.2, -0.15) is 5.10 Å². The summed E-state index contributed by atoms with van der Waals surface area (Å²) in [4.78, 5) is 23.4. The van der Waals surface area contributed by atoms with Gasteiger partial charge in [-0.15, -0.1) is 0 Å². The topological polar surface area (TPSA) is 70.6 Å². The van der Waals surface area contributed by atoms with Crippen LogP contribution in [0.1, 0.15) is 40.4 Å². The number of nitrogens with one attached hydrogen (secondary N) is 2. The van der Waals surface area contributed by atoms with Crippen molar-refractivity contribution in [2.45, 2.75) is 27.2 Å². The molecule has 0 saturated carbocycles. The number of benzene rings is 2. The number of carbonyl (C=O) groups is 2. The van der Waals surface area contributed by atoms with Crippen LogP contribution in [-0.4, -0.2) is 18.0 Å². The van der Waals surface area contributed by atoms with Crippen molar-refractivity contribution >= 4 is 23.7 Å². The molecule has 124 valence electrons. The molecule has 0 aliphatic heterocycles. The third-order valence-corrected chi connectivity index (χ3v) is 3.55. The average molecular weight is 323 g/mol. The van der Waals surface area contributed by atoms with E-state index in [9.17, 15) is 9.59 Å². The molecule has 0 aliphatic carbocycles. The van der Waals surface area contributed by atoms with Gasteiger partial charge < -0.3 is 5.32 Å². The van der Waals surface area contributed by atoms with E-state index < -0.39 is 0 Å². The Balaban J connectivity index is 1.97. The molecule has 0 saturated heterocycles. The number of aryl methyl sites for hydroxylation is 2. The van der Waals surface area contributed by atoms with Crippen LogP contribution in [0.2, 0.25) is 0 Å². The fourth-order valence-corrected chi connectivity index (χ4v) is 2.15. The van der Waals surface area contributed by atoms with E-state index in [0.717, 1.165) is 11.1 Å². The summed E-state index contributed by atoms with van der Waals surface area (Å²) in [5, 5.41) is 6.73. The zero-order valence-electron chi connectivity index (χ0n) is 14.1. The predicted octanol–water partition coefficient (Wildman–Crippen LogP) is 3.42. The molecule has 2 rings (SSSR count). The Morgan fingerprint density at radius 2 is 1.79 bits per heavy atom. The van der Waals surface area contributed by atoms with Crippen LogP contribution < -0.4 is 10.7 Å². The Bertz CT molecular complexity index is 765. The molecule has 0 atom stereocenters. The van der Waals surface area contributed by atoms with Crippen molar-refractivity contribution in [2.24, 2.45) is 5.10 Å². The highest BCUT2D eigenvalue weighted by atomic mass is 16.2. The van der Waals surface area contributed by atoms with Crippen molar-refractivity contribution in [1.82, 2.24) is 5.43 Å². The van der Waals surface area contributed by atoms with Crippen LogP contribution in [-0.2, 0) is 4.79 Å². The lowest BCUT2D eigenvalue weighted by molar-refractivity contribution is -0.115. The van der Waals surface area contributed by atoms with Crippen LogP contribution >= 0.6 is 0 Å². The van der Waals surface area contributed by atoms with Gasteiger partial charge in [-0.1, -0.05) is 30.7 Å². The van der Waals surface area contributed by atoms with E-state index in [4.69, 9.17) is 0 Å². The lowest BCUT2D eigenvalue weighted by atomic mass is 10.1. The SMILES string of the molecule is CCC(=O)Nc1ccc(C(=O)N/N=C/c2ccc(C)cc2C)cc1. The van der Waals surface area contributed by atoms with Gasteiger partial charge in [-0.3, -0.25) is 9.59 Å². The highest BCUT2D eigenvalue weighted by Crippen LogP contribution is 2.10. The minimum atomic E-state index is -0.301. The van der Waals surface area contributed by atoms with Gasteiger partial charge in [0.05, 0.1) is 6.21 Å². The lowest BCUT2D eigenvalue weighted by Gasteiger charge is -2.05. The summed E-state index contributed by atoms with van der Waals surface area (Å²) in [6, 6.07) is 12.7. The zero-order chi connectivity index (χ0) is 17.5. The molecule has 0 unspecified atom stereocenters. The second kappa shape index (κ2) is 8.06. The molecule has 0 fully saturated rings. The molecule has 5 nitrogen and oxygen atoms in total. The molecule has 24 heavy (non-hydrogen) atoms. The monoisotopic (exact) mass is 323 g/mol. The smallest absolute Gasteiger partial charge is 0.271 e. The van der Waals surface area contributed by atoms with E-state index in [1.54, 1.807) is 37.4 Å². The van der Waals surface area contributed by atoms with Gasteiger partial charge in [0.1, 0.15) is 0 Å². The first-order chi connectivity index (χ1) is 11.5. The molecule has 0 bridgehead atoms. The standard InChI is InChI=1S/C19H21N3O2/c1-4-18(23)21-17-9-7-15(8-10-17)19(24)22-20-12-16-6-5-13(2)11-14(16)3/h5-12H,4H2,1-3H3,(H,21,23)(H,22,24)/b20-12+. The van der Waals surface area contributed by atoms with Crippen LogP contribution in [0.25, 0.3) is 0 Å². The Kier molecular flexibility index (Phi) is 5.84. The van der Waals surface area contributed by atoms with Crippen molar-refractivity contribution in [3.63, 3.8) is 0 Å². The number of nitrogens with zero attached hydrogens (tertiary/aromatic N) is 1. The number of hydrogen-bond acceptors (Lipinski definition) is 3. The number of carbonyl (C=O) groups excluding carboxylic acids is 2. The first-order valence-corrected chi connectivity index (χ1v) is 7.80. The number of anilines is 1. The Hall–Kier alpha value is -2.95. The maximum Gasteiger partial charge on any atom is 0.271 e. The predicted molar refractivity (Wildman–Crippen MR) is 96.3 cm³/mol. The van der Waals surface area contributed by atoms with Crippen molar-refractivity contribution in [2.75, 3.05) is 5.32 Å². The quantitative estimate of drug-likeness (QED) is 0.654. The number of hydrogen-bond donors (Lipinski definition) is 2. The van der Waals surface area contributed by atoms with Crippen molar-refractivity contribution in [3.05, 3.63) is 64.7 Å². The Morgan fingerprint density at radius 3 is 2.42 bits per heavy atom. The molecule has 2 amide bonds. The first kappa shape index (κ1) is 17.4. The minimum Gasteiger partial charge on any atom is -0.326 e. The summed E-state index contributed by atoms with van der Waals surface area (Å²) >= 11 is 0. The van der Waals surface area contributed by atoms with Crippen LogP contribution in [0, 0.1) is 13.8 Å². The van der Waals surface area contributed by atoms with Crippen LogP contribution in [0.4, 0.5) is 5.69 Å². The maximum atomic E-state index is 12.1. The van der Waals surface area contributed by atoms with Crippen molar-refractivity contribution in [3.8, 4) is 0 Å². The van der Waals surface area contributed by atoms with Gasteiger partial charge in [-0.25, -0.2) is 5.43 Å². The Labute approximate surface area is 141 Å². The summed E-state index contributed by atoms with van der Waals surface area (Å²) in [7, 11) is 0. The summed E-state index contributed by atoms with van der Waals surface area (Å²) in [6.07, 6.45) is 2.04. The van der Waals surface area contributed by atoms with E-state index >= 15 is 0 Å². The number of hydrazone groups is 1. The van der Waals surface area contributed by atoms with Gasteiger partial charge in [0.25, 0.3) is 5.91 Å². The third kappa shape index (κ3) is 4.78. The Morgan fingerprint density at radius 1 is 1.08 bits per heavy atom. The normalized spacial score (nSPS) is 10.6. The highest BCUT2D eigenvalue weighted by molar-refractivity contribution is 5.96. The third-order valence-electron chi connectivity index (χ3n) is 3.55. The van der Waals surface area contributed by atoms with Crippen molar-refractivity contribution < 1.29 is 9.59 Å². The second-order valence-electron chi connectivity index (χ2n) is 5.54. The van der Waals surface area contributed by atoms with Crippen molar-refractivity contribution in [1.29, 1.82) is 0 Å². The molecular formula is C19H21N3O2. The molecule has 2 aromatic carbocycles. The number of amides is 2. The molecule has 0 spiro atoms. The molecule has 0 heterocycles. The molecule has 0 aliphatic rings. The van der Waals surface area contributed by atoms with Gasteiger partial charge in [-0.05, 0) is 49.2 Å². The summed E-state index contributed by atoms with van der Waals surface area (Å²) in [5.41, 5.74) is 6.88. The van der Waals surface area contributed by atoms with E-state index in [1.165, 1.54) is 5.56 Å². The molecule has 2 aromatic rings. The maximum absolute atomic E-state index is 12.1. The minimum absolute atomic E-state index is 0.0646. The van der Waals surface area contributed by atoms with Crippen LogP contribution in [0.15, 0.2) is 47.6 Å². The fraction of sp³-hybridized carbons (Fsp3) is 0.211. The van der Waals surface area contributed by atoms with Gasteiger partial charge >= 0.3 is 0 Å². The first-order valence-electron chi connectivity index (χ1n) is 7.80. The summed E-state index contributed by atoms with van der Waals surface area (Å²) in [5.74, 6) is -0.366. The van der Waals surface area contributed by atoms with E-state index in [2.05, 4.69) is 21.9 Å². The van der Waals surface area contributed by atoms with Gasteiger partial charge in [0.15, 0.2) is 0 Å². The average Bonchev–Trinajstić information content (AvgIpc) is 2.57. The largest absolute Gasteiger partial charge is 0.326 e. The van der Waals surface area contributed by atoms with E-state index in [-0.39, 0.29) is 11.8 Å². The molecule has 0 aromatic heterocycles. The van der Waals surface area contributed by atoms with Gasteiger partial charge in [0, 0.05) is 17.7 Å². The van der Waals surface area contributed by atoms with Crippen LogP contribution in [0.5, 0.6) is 0 Å². The molecule has 2 N–H and O–H groups in total. The van der Waals surface area contributed by atoms with E-state index in [0.29, 0.717) is 17.7 Å². The number of rotatable bonds is 5. The lowest BCUT2D eigenvalue weighted by Crippen LogP contribution is -2.17. The molecular weight excluding hydrogens is 302 g/mol. The van der Waals surface area contributed by atoms with Crippen LogP contribution in [0.3, 0.4) is 0 Å². The zero-order valence-corrected chi connectivity index (χ0v) is 14.1.